The molecule has 1 fully saturated rings. The van der Waals surface area contributed by atoms with Crippen LogP contribution in [0.25, 0.3) is 0 Å². The molecule has 0 aromatic heterocycles. The molecular weight excluding hydrogens is 276 g/mol. The molecule has 2 rings (SSSR count). The molecular formula is C18H30O2Si. The first-order valence-corrected chi connectivity index (χ1v) is 10.9. The lowest BCUT2D eigenvalue weighted by atomic mass is 9.86. The van der Waals surface area contributed by atoms with E-state index in [0.29, 0.717) is 6.61 Å². The minimum Gasteiger partial charge on any atom is -0.414 e. The van der Waals surface area contributed by atoms with Crippen LogP contribution in [0.3, 0.4) is 0 Å². The van der Waals surface area contributed by atoms with E-state index < -0.39 is 8.32 Å². The minimum absolute atomic E-state index is 0.163. The number of hydrogen-bond donors (Lipinski definition) is 0. The van der Waals surface area contributed by atoms with Gasteiger partial charge < -0.3 is 9.16 Å². The molecule has 0 unspecified atom stereocenters. The van der Waals surface area contributed by atoms with Crippen molar-refractivity contribution >= 4 is 8.32 Å². The lowest BCUT2D eigenvalue weighted by Crippen LogP contribution is -2.44. The number of epoxide rings is 1. The number of rotatable bonds is 5. The van der Waals surface area contributed by atoms with Crippen LogP contribution >= 0.6 is 0 Å². The van der Waals surface area contributed by atoms with Crippen molar-refractivity contribution in [2.24, 2.45) is 0 Å². The molecule has 0 bridgehead atoms. The Bertz CT molecular complexity index is 492. The Morgan fingerprint density at radius 2 is 1.71 bits per heavy atom. The first-order chi connectivity index (χ1) is 9.58. The van der Waals surface area contributed by atoms with Crippen molar-refractivity contribution in [3.8, 4) is 0 Å². The van der Waals surface area contributed by atoms with E-state index in [9.17, 15) is 0 Å². The van der Waals surface area contributed by atoms with Gasteiger partial charge in [0.15, 0.2) is 8.32 Å². The first-order valence-electron chi connectivity index (χ1n) is 7.98. The van der Waals surface area contributed by atoms with E-state index in [0.717, 1.165) is 6.42 Å². The Kier molecular flexibility index (Phi) is 4.16. The van der Waals surface area contributed by atoms with Crippen LogP contribution in [-0.2, 0) is 14.8 Å². The van der Waals surface area contributed by atoms with Gasteiger partial charge in [-0.25, -0.2) is 0 Å². The third kappa shape index (κ3) is 2.83. The van der Waals surface area contributed by atoms with Crippen LogP contribution in [0, 0.1) is 0 Å². The molecule has 1 heterocycles. The Morgan fingerprint density at radius 1 is 1.14 bits per heavy atom. The summed E-state index contributed by atoms with van der Waals surface area (Å²) in [6, 6.07) is 10.5. The SMILES string of the molecule is CC[C@@]1(CO[Si](C)(C)C(C)(C)C)O[C@]1(C)c1ccccc1. The van der Waals surface area contributed by atoms with Gasteiger partial charge in [-0.2, -0.15) is 0 Å². The molecule has 0 N–H and O–H groups in total. The normalized spacial score (nSPS) is 29.5. The molecule has 1 saturated heterocycles. The van der Waals surface area contributed by atoms with Gasteiger partial charge in [0.2, 0.25) is 0 Å². The highest BCUT2D eigenvalue weighted by atomic mass is 28.4. The lowest BCUT2D eigenvalue weighted by Gasteiger charge is -2.37. The van der Waals surface area contributed by atoms with Gasteiger partial charge in [-0.3, -0.25) is 0 Å². The molecule has 0 saturated carbocycles. The standard InChI is InChI=1S/C18H30O2Si/c1-8-18(14-19-21(6,7)16(2,3)4)17(5,20-18)15-12-10-9-11-13-15/h9-13H,8,14H2,1-7H3/t17-,18+/m1/s1. The lowest BCUT2D eigenvalue weighted by molar-refractivity contribution is 0.170. The molecule has 0 amide bonds. The van der Waals surface area contributed by atoms with Crippen molar-refractivity contribution in [2.75, 3.05) is 6.61 Å². The quantitative estimate of drug-likeness (QED) is 0.557. The van der Waals surface area contributed by atoms with Crippen LogP contribution in [-0.4, -0.2) is 20.5 Å². The maximum absolute atomic E-state index is 6.44. The first kappa shape index (κ1) is 16.7. The predicted octanol–water partition coefficient (Wildman–Crippen LogP) is 5.10. The van der Waals surface area contributed by atoms with Crippen molar-refractivity contribution < 1.29 is 9.16 Å². The van der Waals surface area contributed by atoms with Crippen LogP contribution in [0.15, 0.2) is 30.3 Å². The fraction of sp³-hybridized carbons (Fsp3) is 0.667. The Balaban J connectivity index is 2.13. The van der Waals surface area contributed by atoms with Gasteiger partial charge in [-0.15, -0.1) is 0 Å². The van der Waals surface area contributed by atoms with Gasteiger partial charge in [0.05, 0.1) is 6.61 Å². The minimum atomic E-state index is -1.73. The van der Waals surface area contributed by atoms with E-state index >= 15 is 0 Å². The van der Waals surface area contributed by atoms with E-state index in [1.807, 2.05) is 0 Å². The molecule has 3 heteroatoms. The van der Waals surface area contributed by atoms with Crippen LogP contribution in [0.1, 0.15) is 46.6 Å². The molecule has 118 valence electrons. The second-order valence-corrected chi connectivity index (χ2v) is 12.7. The molecule has 2 nitrogen and oxygen atoms in total. The van der Waals surface area contributed by atoms with Gasteiger partial charge in [-0.05, 0) is 37.0 Å². The maximum Gasteiger partial charge on any atom is 0.192 e. The van der Waals surface area contributed by atoms with E-state index in [-0.39, 0.29) is 16.2 Å². The van der Waals surface area contributed by atoms with Crippen molar-refractivity contribution in [2.45, 2.75) is 70.4 Å². The van der Waals surface area contributed by atoms with Gasteiger partial charge in [0.25, 0.3) is 0 Å². The summed E-state index contributed by atoms with van der Waals surface area (Å²) in [5.74, 6) is 0. The van der Waals surface area contributed by atoms with Crippen LogP contribution in [0.2, 0.25) is 18.1 Å². The van der Waals surface area contributed by atoms with E-state index in [1.54, 1.807) is 0 Å². The van der Waals surface area contributed by atoms with E-state index in [2.05, 4.69) is 78.0 Å². The summed E-state index contributed by atoms with van der Waals surface area (Å²) in [6.45, 7) is 16.5. The highest BCUT2D eigenvalue weighted by Crippen LogP contribution is 2.58. The van der Waals surface area contributed by atoms with Gasteiger partial charge >= 0.3 is 0 Å². The molecule has 0 aliphatic carbocycles. The molecule has 1 aromatic carbocycles. The van der Waals surface area contributed by atoms with Crippen LogP contribution < -0.4 is 0 Å². The van der Waals surface area contributed by atoms with Crippen molar-refractivity contribution in [3.05, 3.63) is 35.9 Å². The summed E-state index contributed by atoms with van der Waals surface area (Å²) in [4.78, 5) is 0. The summed E-state index contributed by atoms with van der Waals surface area (Å²) in [7, 11) is -1.73. The average molecular weight is 307 g/mol. The zero-order valence-electron chi connectivity index (χ0n) is 14.6. The summed E-state index contributed by atoms with van der Waals surface area (Å²) in [5, 5.41) is 0.236. The number of hydrogen-bond acceptors (Lipinski definition) is 2. The Morgan fingerprint density at radius 3 is 2.19 bits per heavy atom. The van der Waals surface area contributed by atoms with E-state index in [4.69, 9.17) is 9.16 Å². The third-order valence-electron chi connectivity index (χ3n) is 5.60. The monoisotopic (exact) mass is 306 g/mol. The summed E-state index contributed by atoms with van der Waals surface area (Å²) in [5.41, 5.74) is 0.889. The van der Waals surface area contributed by atoms with E-state index in [1.165, 1.54) is 5.56 Å². The molecule has 1 aromatic rings. The summed E-state index contributed by atoms with van der Waals surface area (Å²) in [6.07, 6.45) is 0.979. The van der Waals surface area contributed by atoms with Crippen molar-refractivity contribution in [1.29, 1.82) is 0 Å². The highest BCUT2D eigenvalue weighted by molar-refractivity contribution is 6.74. The molecule has 1 aliphatic heterocycles. The van der Waals surface area contributed by atoms with Crippen molar-refractivity contribution in [3.63, 3.8) is 0 Å². The molecule has 2 atom stereocenters. The summed E-state index contributed by atoms with van der Waals surface area (Å²) >= 11 is 0. The van der Waals surface area contributed by atoms with Gasteiger partial charge in [0.1, 0.15) is 11.2 Å². The van der Waals surface area contributed by atoms with Crippen LogP contribution in [0.4, 0.5) is 0 Å². The second kappa shape index (κ2) is 5.22. The predicted molar refractivity (Wildman–Crippen MR) is 91.1 cm³/mol. The molecule has 1 aliphatic rings. The Labute approximate surface area is 131 Å². The van der Waals surface area contributed by atoms with Gasteiger partial charge in [-0.1, -0.05) is 58.0 Å². The number of benzene rings is 1. The molecule has 0 spiro atoms. The smallest absolute Gasteiger partial charge is 0.192 e. The average Bonchev–Trinajstić information content (AvgIpc) is 3.04. The third-order valence-corrected chi connectivity index (χ3v) is 10.1. The zero-order chi connectivity index (χ0) is 15.9. The maximum atomic E-state index is 6.44. The Hall–Kier alpha value is -0.643. The zero-order valence-corrected chi connectivity index (χ0v) is 15.6. The molecule has 0 radical (unpaired) electrons. The second-order valence-electron chi connectivity index (χ2n) is 7.90. The van der Waals surface area contributed by atoms with Crippen molar-refractivity contribution in [1.82, 2.24) is 0 Å². The fourth-order valence-corrected chi connectivity index (χ4v) is 3.66. The van der Waals surface area contributed by atoms with Gasteiger partial charge in [0, 0.05) is 0 Å². The summed E-state index contributed by atoms with van der Waals surface area (Å²) < 4.78 is 12.7. The molecule has 21 heavy (non-hydrogen) atoms. The van der Waals surface area contributed by atoms with Crippen LogP contribution in [0.5, 0.6) is 0 Å². The largest absolute Gasteiger partial charge is 0.414 e. The highest BCUT2D eigenvalue weighted by Gasteiger charge is 2.67. The fourth-order valence-electron chi connectivity index (χ4n) is 2.64. The topological polar surface area (TPSA) is 21.8 Å². The number of ether oxygens (including phenoxy) is 1.